The molecule has 0 unspecified atom stereocenters. The van der Waals surface area contributed by atoms with E-state index in [0.29, 0.717) is 22.8 Å². The highest BCUT2D eigenvalue weighted by atomic mass is 35.5. The van der Waals surface area contributed by atoms with Crippen LogP contribution in [0.5, 0.6) is 0 Å². The molecule has 3 aromatic rings. The minimum atomic E-state index is -0.571. The second-order valence-corrected chi connectivity index (χ2v) is 6.91. The van der Waals surface area contributed by atoms with E-state index in [-0.39, 0.29) is 23.3 Å². The van der Waals surface area contributed by atoms with Crippen molar-refractivity contribution in [2.75, 3.05) is 10.2 Å². The highest BCUT2D eigenvalue weighted by Gasteiger charge is 2.17. The zero-order valence-corrected chi connectivity index (χ0v) is 16.7. The molecule has 1 N–H and O–H groups in total. The Balaban J connectivity index is 1.81. The molecule has 148 valence electrons. The molecule has 7 heteroatoms. The lowest BCUT2D eigenvalue weighted by Crippen LogP contribution is -2.24. The topological polar surface area (TPSA) is 62.3 Å². The molecule has 0 spiro atoms. The Bertz CT molecular complexity index is 1050. The summed E-state index contributed by atoms with van der Waals surface area (Å²) >= 11 is 5.91. The molecule has 0 bridgehead atoms. The summed E-state index contributed by atoms with van der Waals surface area (Å²) in [4.78, 5) is 30.3. The third kappa shape index (κ3) is 4.97. The minimum Gasteiger partial charge on any atom is -0.326 e. The van der Waals surface area contributed by atoms with E-state index in [4.69, 9.17) is 11.6 Å². The number of aromatic nitrogens is 1. The highest BCUT2D eigenvalue weighted by molar-refractivity contribution is 6.31. The molecule has 0 aliphatic rings. The Morgan fingerprint density at radius 2 is 1.86 bits per heavy atom. The maximum Gasteiger partial charge on any atom is 0.229 e. The van der Waals surface area contributed by atoms with E-state index in [9.17, 15) is 14.0 Å². The fourth-order valence-electron chi connectivity index (χ4n) is 2.85. The lowest BCUT2D eigenvalue weighted by molar-refractivity contribution is -0.116. The van der Waals surface area contributed by atoms with Crippen molar-refractivity contribution in [3.8, 4) is 0 Å². The van der Waals surface area contributed by atoms with Crippen LogP contribution in [0.25, 0.3) is 0 Å². The standard InChI is InChI=1S/C22H19ClFN3O2/c1-14-6-8-18(9-7-14)27(15(2)28)20-13-17(10-11-25-20)26-21(29)12-16-4-3-5-19(24)22(16)23/h3-11,13H,12H2,1-2H3,(H,25,26,29). The average molecular weight is 412 g/mol. The molecule has 0 aliphatic carbocycles. The second-order valence-electron chi connectivity index (χ2n) is 6.53. The van der Waals surface area contributed by atoms with Crippen molar-refractivity contribution in [1.29, 1.82) is 0 Å². The Morgan fingerprint density at radius 1 is 1.14 bits per heavy atom. The maximum atomic E-state index is 13.6. The maximum absolute atomic E-state index is 13.6. The number of hydrogen-bond donors (Lipinski definition) is 1. The molecule has 1 aromatic heterocycles. The Hall–Kier alpha value is -3.25. The predicted molar refractivity (Wildman–Crippen MR) is 112 cm³/mol. The molecule has 2 aromatic carbocycles. The second kappa shape index (κ2) is 8.84. The summed E-state index contributed by atoms with van der Waals surface area (Å²) in [6.45, 7) is 3.40. The Morgan fingerprint density at radius 3 is 2.55 bits per heavy atom. The van der Waals surface area contributed by atoms with Crippen molar-refractivity contribution < 1.29 is 14.0 Å². The van der Waals surface area contributed by atoms with Gasteiger partial charge in [-0.1, -0.05) is 41.4 Å². The van der Waals surface area contributed by atoms with Gasteiger partial charge in [-0.25, -0.2) is 9.37 Å². The molecule has 3 rings (SSSR count). The first kappa shape index (κ1) is 20.5. The summed E-state index contributed by atoms with van der Waals surface area (Å²) in [5.41, 5.74) is 2.60. The molecule has 0 radical (unpaired) electrons. The van der Waals surface area contributed by atoms with Crippen LogP contribution in [0, 0.1) is 12.7 Å². The molecular weight excluding hydrogens is 393 g/mol. The van der Waals surface area contributed by atoms with Gasteiger partial charge >= 0.3 is 0 Å². The van der Waals surface area contributed by atoms with Gasteiger partial charge in [-0.05, 0) is 36.8 Å². The van der Waals surface area contributed by atoms with Crippen molar-refractivity contribution in [3.05, 3.63) is 82.8 Å². The number of carbonyl (C=O) groups excluding carboxylic acids is 2. The number of carbonyl (C=O) groups is 2. The molecule has 0 atom stereocenters. The van der Waals surface area contributed by atoms with Crippen LogP contribution in [0.15, 0.2) is 60.8 Å². The van der Waals surface area contributed by atoms with E-state index in [1.165, 1.54) is 30.2 Å². The predicted octanol–water partition coefficient (Wildman–Crippen LogP) is 5.05. The van der Waals surface area contributed by atoms with Gasteiger partial charge in [0.1, 0.15) is 11.6 Å². The number of aryl methyl sites for hydroxylation is 1. The Labute approximate surface area is 173 Å². The van der Waals surface area contributed by atoms with Crippen LogP contribution in [0.1, 0.15) is 18.1 Å². The molecule has 0 fully saturated rings. The fourth-order valence-corrected chi connectivity index (χ4v) is 3.04. The zero-order valence-electron chi connectivity index (χ0n) is 15.9. The fraction of sp³-hybridized carbons (Fsp3) is 0.136. The average Bonchev–Trinajstić information content (AvgIpc) is 2.67. The third-order valence-electron chi connectivity index (χ3n) is 4.25. The molecule has 29 heavy (non-hydrogen) atoms. The van der Waals surface area contributed by atoms with Crippen molar-refractivity contribution in [1.82, 2.24) is 4.98 Å². The van der Waals surface area contributed by atoms with Crippen LogP contribution in [0.3, 0.4) is 0 Å². The van der Waals surface area contributed by atoms with E-state index in [1.807, 2.05) is 31.2 Å². The van der Waals surface area contributed by atoms with Crippen LogP contribution >= 0.6 is 11.6 Å². The van der Waals surface area contributed by atoms with Crippen molar-refractivity contribution in [3.63, 3.8) is 0 Å². The van der Waals surface area contributed by atoms with Crippen LogP contribution in [-0.4, -0.2) is 16.8 Å². The van der Waals surface area contributed by atoms with Gasteiger partial charge in [-0.3, -0.25) is 14.5 Å². The number of rotatable bonds is 5. The van der Waals surface area contributed by atoms with E-state index in [0.717, 1.165) is 5.56 Å². The third-order valence-corrected chi connectivity index (χ3v) is 4.67. The monoisotopic (exact) mass is 411 g/mol. The molecule has 5 nitrogen and oxygen atoms in total. The van der Waals surface area contributed by atoms with Crippen LogP contribution in [0.2, 0.25) is 5.02 Å². The summed E-state index contributed by atoms with van der Waals surface area (Å²) in [6, 6.07) is 15.0. The Kier molecular flexibility index (Phi) is 6.24. The lowest BCUT2D eigenvalue weighted by atomic mass is 10.1. The molecular formula is C22H19ClFN3O2. The number of halogens is 2. The number of amides is 2. The van der Waals surface area contributed by atoms with Crippen molar-refractivity contribution in [2.45, 2.75) is 20.3 Å². The summed E-state index contributed by atoms with van der Waals surface area (Å²) in [7, 11) is 0. The SMILES string of the molecule is CC(=O)N(c1ccc(C)cc1)c1cc(NC(=O)Cc2cccc(F)c2Cl)ccn1. The first-order chi connectivity index (χ1) is 13.8. The van der Waals surface area contributed by atoms with Crippen LogP contribution < -0.4 is 10.2 Å². The van der Waals surface area contributed by atoms with Gasteiger partial charge in [0, 0.05) is 24.9 Å². The number of nitrogens with one attached hydrogen (secondary N) is 1. The smallest absolute Gasteiger partial charge is 0.229 e. The quantitative estimate of drug-likeness (QED) is 0.639. The minimum absolute atomic E-state index is 0.0693. The number of nitrogens with zero attached hydrogens (tertiary/aromatic N) is 2. The lowest BCUT2D eigenvalue weighted by Gasteiger charge is -2.21. The summed E-state index contributed by atoms with van der Waals surface area (Å²) in [5.74, 6) is -0.767. The number of pyridine rings is 1. The molecule has 0 saturated carbocycles. The van der Waals surface area contributed by atoms with Crippen molar-refractivity contribution >= 4 is 40.6 Å². The van der Waals surface area contributed by atoms with Gasteiger partial charge in [-0.2, -0.15) is 0 Å². The first-order valence-electron chi connectivity index (χ1n) is 8.91. The number of anilines is 3. The first-order valence-corrected chi connectivity index (χ1v) is 9.29. The molecule has 1 heterocycles. The summed E-state index contributed by atoms with van der Waals surface area (Å²) < 4.78 is 13.6. The van der Waals surface area contributed by atoms with Crippen molar-refractivity contribution in [2.24, 2.45) is 0 Å². The van der Waals surface area contributed by atoms with E-state index >= 15 is 0 Å². The van der Waals surface area contributed by atoms with E-state index in [2.05, 4.69) is 10.3 Å². The van der Waals surface area contributed by atoms with Gasteiger partial charge in [-0.15, -0.1) is 0 Å². The normalized spacial score (nSPS) is 10.5. The zero-order chi connectivity index (χ0) is 21.0. The van der Waals surface area contributed by atoms with Gasteiger partial charge in [0.05, 0.1) is 17.1 Å². The highest BCUT2D eigenvalue weighted by Crippen LogP contribution is 2.26. The number of benzene rings is 2. The largest absolute Gasteiger partial charge is 0.326 e. The van der Waals surface area contributed by atoms with Gasteiger partial charge in [0.25, 0.3) is 0 Å². The van der Waals surface area contributed by atoms with Gasteiger partial charge in [0.2, 0.25) is 11.8 Å². The van der Waals surface area contributed by atoms with Gasteiger partial charge in [0.15, 0.2) is 0 Å². The van der Waals surface area contributed by atoms with Crippen LogP contribution in [-0.2, 0) is 16.0 Å². The molecule has 0 aliphatic heterocycles. The van der Waals surface area contributed by atoms with E-state index < -0.39 is 5.82 Å². The van der Waals surface area contributed by atoms with Crippen LogP contribution in [0.4, 0.5) is 21.6 Å². The molecule has 2 amide bonds. The van der Waals surface area contributed by atoms with Gasteiger partial charge < -0.3 is 5.32 Å². The molecule has 0 saturated heterocycles. The van der Waals surface area contributed by atoms with E-state index in [1.54, 1.807) is 18.2 Å². The number of hydrogen-bond acceptors (Lipinski definition) is 3. The summed E-state index contributed by atoms with van der Waals surface area (Å²) in [5, 5.41) is 2.66. The summed E-state index contributed by atoms with van der Waals surface area (Å²) in [6.07, 6.45) is 1.42.